The van der Waals surface area contributed by atoms with Crippen molar-refractivity contribution in [3.05, 3.63) is 21.8 Å². The number of anilines is 2. The lowest BCUT2D eigenvalue weighted by molar-refractivity contribution is 0.194. The van der Waals surface area contributed by atoms with Gasteiger partial charge in [0.15, 0.2) is 0 Å². The predicted octanol–water partition coefficient (Wildman–Crippen LogP) is 2.71. The summed E-state index contributed by atoms with van der Waals surface area (Å²) in [6.45, 7) is 1.76. The number of hydrogen-bond donors (Lipinski definition) is 2. The van der Waals surface area contributed by atoms with Gasteiger partial charge in [-0.1, -0.05) is 0 Å². The Morgan fingerprint density at radius 3 is 2.87 bits per heavy atom. The fraction of sp³-hybridized carbons (Fsp3) is 0.455. The average molecular weight is 320 g/mol. The molecule has 15 heavy (non-hydrogen) atoms. The zero-order chi connectivity index (χ0) is 11.1. The molecule has 3 nitrogen and oxygen atoms in total. The summed E-state index contributed by atoms with van der Waals surface area (Å²) in [7, 11) is 1.73. The van der Waals surface area contributed by atoms with Crippen molar-refractivity contribution in [3.8, 4) is 0 Å². The lowest BCUT2D eigenvalue weighted by Gasteiger charge is -2.09. The second-order valence-electron chi connectivity index (χ2n) is 3.36. The van der Waals surface area contributed by atoms with Gasteiger partial charge < -0.3 is 15.8 Å². The van der Waals surface area contributed by atoms with E-state index in [-0.39, 0.29) is 0 Å². The molecule has 0 atom stereocenters. The largest absolute Gasteiger partial charge is 0.397 e. The van der Waals surface area contributed by atoms with Gasteiger partial charge in [-0.3, -0.25) is 0 Å². The minimum absolute atomic E-state index is 0.814. The molecule has 1 aromatic carbocycles. The molecular weight excluding hydrogens is 303 g/mol. The number of rotatable bonds is 6. The Hall–Kier alpha value is -0.490. The highest BCUT2D eigenvalue weighted by Gasteiger charge is 1.98. The third kappa shape index (κ3) is 4.70. The lowest BCUT2D eigenvalue weighted by Crippen LogP contribution is -2.05. The summed E-state index contributed by atoms with van der Waals surface area (Å²) in [5.41, 5.74) is 7.70. The summed E-state index contributed by atoms with van der Waals surface area (Å²) in [5, 5.41) is 3.32. The van der Waals surface area contributed by atoms with Crippen molar-refractivity contribution in [2.24, 2.45) is 0 Å². The molecule has 0 amide bonds. The van der Waals surface area contributed by atoms with Crippen LogP contribution in [0.25, 0.3) is 0 Å². The maximum absolute atomic E-state index is 5.87. The van der Waals surface area contributed by atoms with Gasteiger partial charge in [0.05, 0.1) is 11.4 Å². The molecule has 0 unspecified atom stereocenters. The first kappa shape index (κ1) is 12.6. The van der Waals surface area contributed by atoms with Crippen LogP contribution >= 0.6 is 22.6 Å². The molecule has 1 aromatic rings. The smallest absolute Gasteiger partial charge is 0.0574 e. The summed E-state index contributed by atoms with van der Waals surface area (Å²) < 4.78 is 6.14. The van der Waals surface area contributed by atoms with Gasteiger partial charge in [0.2, 0.25) is 0 Å². The van der Waals surface area contributed by atoms with E-state index in [1.807, 2.05) is 12.1 Å². The molecule has 0 aliphatic carbocycles. The number of halogens is 1. The topological polar surface area (TPSA) is 47.3 Å². The second kappa shape index (κ2) is 6.90. The van der Waals surface area contributed by atoms with Gasteiger partial charge in [-0.05, 0) is 53.6 Å². The molecule has 1 rings (SSSR count). The van der Waals surface area contributed by atoms with Gasteiger partial charge in [-0.2, -0.15) is 0 Å². The average Bonchev–Trinajstić information content (AvgIpc) is 2.20. The van der Waals surface area contributed by atoms with E-state index in [1.165, 1.54) is 0 Å². The van der Waals surface area contributed by atoms with Crippen LogP contribution in [0.4, 0.5) is 11.4 Å². The third-order valence-corrected chi connectivity index (χ3v) is 2.78. The minimum atomic E-state index is 0.814. The Labute approximate surface area is 105 Å². The second-order valence-corrected chi connectivity index (χ2v) is 4.60. The number of unbranched alkanes of at least 4 members (excludes halogenated alkanes) is 1. The quantitative estimate of drug-likeness (QED) is 0.481. The fourth-order valence-electron chi connectivity index (χ4n) is 1.29. The molecule has 0 fully saturated rings. The number of nitrogens with one attached hydrogen (secondary N) is 1. The van der Waals surface area contributed by atoms with Crippen LogP contribution in [0.2, 0.25) is 0 Å². The zero-order valence-electron chi connectivity index (χ0n) is 8.92. The summed E-state index contributed by atoms with van der Waals surface area (Å²) in [6, 6.07) is 6.04. The minimum Gasteiger partial charge on any atom is -0.397 e. The molecule has 4 heteroatoms. The first-order chi connectivity index (χ1) is 7.24. The molecular formula is C11H17IN2O. The van der Waals surface area contributed by atoms with E-state index in [0.717, 1.165) is 40.9 Å². The highest BCUT2D eigenvalue weighted by atomic mass is 127. The van der Waals surface area contributed by atoms with E-state index < -0.39 is 0 Å². The first-order valence-corrected chi connectivity index (χ1v) is 6.09. The first-order valence-electron chi connectivity index (χ1n) is 5.02. The Bertz CT molecular complexity index is 305. The van der Waals surface area contributed by atoms with Crippen LogP contribution in [0, 0.1) is 3.57 Å². The van der Waals surface area contributed by atoms with Crippen molar-refractivity contribution in [3.63, 3.8) is 0 Å². The molecule has 84 valence electrons. The van der Waals surface area contributed by atoms with Gasteiger partial charge in [0.1, 0.15) is 0 Å². The Morgan fingerprint density at radius 2 is 2.20 bits per heavy atom. The monoisotopic (exact) mass is 320 g/mol. The maximum Gasteiger partial charge on any atom is 0.0574 e. The fourth-order valence-corrected chi connectivity index (χ4v) is 1.80. The van der Waals surface area contributed by atoms with Gasteiger partial charge in [-0.25, -0.2) is 0 Å². The van der Waals surface area contributed by atoms with Crippen molar-refractivity contribution >= 4 is 34.0 Å². The van der Waals surface area contributed by atoms with Crippen LogP contribution < -0.4 is 11.1 Å². The molecule has 0 saturated carbocycles. The van der Waals surface area contributed by atoms with Crippen LogP contribution in [0.5, 0.6) is 0 Å². The van der Waals surface area contributed by atoms with Gasteiger partial charge >= 0.3 is 0 Å². The molecule has 0 heterocycles. The van der Waals surface area contributed by atoms with Crippen molar-refractivity contribution in [1.82, 2.24) is 0 Å². The number of benzene rings is 1. The molecule has 0 aromatic heterocycles. The van der Waals surface area contributed by atoms with Crippen LogP contribution in [-0.4, -0.2) is 20.3 Å². The van der Waals surface area contributed by atoms with Gasteiger partial charge in [0, 0.05) is 23.8 Å². The summed E-state index contributed by atoms with van der Waals surface area (Å²) in [5.74, 6) is 0. The number of ether oxygens (including phenoxy) is 1. The lowest BCUT2D eigenvalue weighted by atomic mass is 10.2. The van der Waals surface area contributed by atoms with E-state index in [2.05, 4.69) is 34.0 Å². The normalized spacial score (nSPS) is 10.3. The standard InChI is InChI=1S/C11H17IN2O/c1-15-7-3-2-6-14-11-5-4-9(12)8-10(11)13/h4-5,8,14H,2-3,6-7,13H2,1H3. The van der Waals surface area contributed by atoms with Crippen molar-refractivity contribution < 1.29 is 4.74 Å². The van der Waals surface area contributed by atoms with Crippen LogP contribution in [0.1, 0.15) is 12.8 Å². The Kier molecular flexibility index (Phi) is 5.78. The molecule has 0 radical (unpaired) electrons. The number of methoxy groups -OCH3 is 1. The summed E-state index contributed by atoms with van der Waals surface area (Å²) in [6.07, 6.45) is 2.17. The zero-order valence-corrected chi connectivity index (χ0v) is 11.1. The molecule has 0 aliphatic rings. The third-order valence-electron chi connectivity index (χ3n) is 2.10. The van der Waals surface area contributed by atoms with Crippen molar-refractivity contribution in [2.45, 2.75) is 12.8 Å². The number of hydrogen-bond acceptors (Lipinski definition) is 3. The van der Waals surface area contributed by atoms with E-state index in [1.54, 1.807) is 7.11 Å². The number of nitrogen functional groups attached to an aromatic ring is 1. The van der Waals surface area contributed by atoms with Crippen molar-refractivity contribution in [1.29, 1.82) is 0 Å². The molecule has 0 bridgehead atoms. The van der Waals surface area contributed by atoms with Gasteiger partial charge in [-0.15, -0.1) is 0 Å². The summed E-state index contributed by atoms with van der Waals surface area (Å²) >= 11 is 2.25. The maximum atomic E-state index is 5.87. The van der Waals surface area contributed by atoms with Crippen LogP contribution in [-0.2, 0) is 4.74 Å². The Morgan fingerprint density at radius 1 is 1.40 bits per heavy atom. The molecule has 0 saturated heterocycles. The predicted molar refractivity (Wildman–Crippen MR) is 73.2 cm³/mol. The highest BCUT2D eigenvalue weighted by molar-refractivity contribution is 14.1. The summed E-state index contributed by atoms with van der Waals surface area (Å²) in [4.78, 5) is 0. The molecule has 0 aliphatic heterocycles. The van der Waals surface area contributed by atoms with E-state index in [0.29, 0.717) is 0 Å². The van der Waals surface area contributed by atoms with E-state index >= 15 is 0 Å². The van der Waals surface area contributed by atoms with E-state index in [9.17, 15) is 0 Å². The van der Waals surface area contributed by atoms with E-state index in [4.69, 9.17) is 10.5 Å². The van der Waals surface area contributed by atoms with Crippen molar-refractivity contribution in [2.75, 3.05) is 31.3 Å². The SMILES string of the molecule is COCCCCNc1ccc(I)cc1N. The van der Waals surface area contributed by atoms with Crippen LogP contribution in [0.3, 0.4) is 0 Å². The Balaban J connectivity index is 2.31. The molecule has 3 N–H and O–H groups in total. The highest BCUT2D eigenvalue weighted by Crippen LogP contribution is 2.20. The van der Waals surface area contributed by atoms with Crippen LogP contribution in [0.15, 0.2) is 18.2 Å². The number of nitrogens with two attached hydrogens (primary N) is 1. The van der Waals surface area contributed by atoms with Gasteiger partial charge in [0.25, 0.3) is 0 Å². The molecule has 0 spiro atoms.